The predicted molar refractivity (Wildman–Crippen MR) is 79.3 cm³/mol. The van der Waals surface area contributed by atoms with E-state index in [4.69, 9.17) is 10.5 Å². The molecule has 0 fully saturated rings. The fourth-order valence-corrected chi connectivity index (χ4v) is 2.19. The van der Waals surface area contributed by atoms with Crippen molar-refractivity contribution in [3.8, 4) is 5.75 Å². The van der Waals surface area contributed by atoms with Crippen molar-refractivity contribution in [2.24, 2.45) is 0 Å². The molecule has 2 aromatic carbocycles. The monoisotopic (exact) mass is 319 g/mol. The van der Waals surface area contributed by atoms with E-state index in [1.165, 1.54) is 6.92 Å². The first-order chi connectivity index (χ1) is 9.06. The van der Waals surface area contributed by atoms with Crippen LogP contribution in [-0.2, 0) is 6.61 Å². The van der Waals surface area contributed by atoms with Crippen LogP contribution in [0.4, 0.5) is 5.69 Å². The molecule has 98 valence electrons. The smallest absolute Gasteiger partial charge is 0.161 e. The Morgan fingerprint density at radius 2 is 2.05 bits per heavy atom. The van der Waals surface area contributed by atoms with Crippen LogP contribution in [0, 0.1) is 0 Å². The highest BCUT2D eigenvalue weighted by atomic mass is 79.9. The first kappa shape index (κ1) is 13.6. The molecule has 2 aromatic rings. The highest BCUT2D eigenvalue weighted by molar-refractivity contribution is 9.10. The minimum atomic E-state index is -0.0453. The Hall–Kier alpha value is -1.81. The lowest BCUT2D eigenvalue weighted by atomic mass is 10.1. The molecule has 0 atom stereocenters. The van der Waals surface area contributed by atoms with E-state index in [2.05, 4.69) is 15.9 Å². The third-order valence-corrected chi connectivity index (χ3v) is 3.19. The van der Waals surface area contributed by atoms with Gasteiger partial charge in [0, 0.05) is 21.8 Å². The van der Waals surface area contributed by atoms with Crippen molar-refractivity contribution in [2.45, 2.75) is 13.5 Å². The summed E-state index contributed by atoms with van der Waals surface area (Å²) in [5.74, 6) is 0.610. The average molecular weight is 320 g/mol. The Kier molecular flexibility index (Phi) is 4.22. The Morgan fingerprint density at radius 3 is 2.68 bits per heavy atom. The van der Waals surface area contributed by atoms with Crippen LogP contribution in [0.2, 0.25) is 0 Å². The van der Waals surface area contributed by atoms with Gasteiger partial charge in [0.05, 0.1) is 0 Å². The lowest BCUT2D eigenvalue weighted by molar-refractivity contribution is 0.101. The molecule has 19 heavy (non-hydrogen) atoms. The molecule has 2 rings (SSSR count). The standard InChI is InChI=1S/C15H14BrNO2/c1-10(18)14-6-5-13(8-15(14)17)19-9-11-3-2-4-12(16)7-11/h2-8H,9,17H2,1H3. The molecular weight excluding hydrogens is 306 g/mol. The van der Waals surface area contributed by atoms with Gasteiger partial charge in [-0.3, -0.25) is 4.79 Å². The maximum Gasteiger partial charge on any atom is 0.161 e. The van der Waals surface area contributed by atoms with Crippen LogP contribution < -0.4 is 10.5 Å². The molecule has 0 bridgehead atoms. The summed E-state index contributed by atoms with van der Waals surface area (Å²) in [4.78, 5) is 11.3. The maximum absolute atomic E-state index is 11.3. The Labute approximate surface area is 120 Å². The van der Waals surface area contributed by atoms with Gasteiger partial charge in [-0.15, -0.1) is 0 Å². The molecule has 2 N–H and O–H groups in total. The topological polar surface area (TPSA) is 52.3 Å². The third-order valence-electron chi connectivity index (χ3n) is 2.70. The summed E-state index contributed by atoms with van der Waals surface area (Å²) >= 11 is 3.41. The van der Waals surface area contributed by atoms with Crippen LogP contribution in [0.5, 0.6) is 5.75 Å². The summed E-state index contributed by atoms with van der Waals surface area (Å²) in [7, 11) is 0. The Bertz CT molecular complexity index is 611. The second kappa shape index (κ2) is 5.89. The number of anilines is 1. The average Bonchev–Trinajstić information content (AvgIpc) is 2.36. The van der Waals surface area contributed by atoms with Crippen molar-refractivity contribution >= 4 is 27.4 Å². The molecule has 0 aliphatic rings. The minimum absolute atomic E-state index is 0.0453. The molecule has 0 aromatic heterocycles. The van der Waals surface area contributed by atoms with E-state index in [1.54, 1.807) is 18.2 Å². The largest absolute Gasteiger partial charge is 0.489 e. The Morgan fingerprint density at radius 1 is 1.26 bits per heavy atom. The summed E-state index contributed by atoms with van der Waals surface area (Å²) in [6, 6.07) is 13.0. The molecule has 0 saturated heterocycles. The fraction of sp³-hybridized carbons (Fsp3) is 0.133. The van der Waals surface area contributed by atoms with Crippen LogP contribution >= 0.6 is 15.9 Å². The van der Waals surface area contributed by atoms with E-state index in [0.717, 1.165) is 10.0 Å². The van der Waals surface area contributed by atoms with Crippen molar-refractivity contribution in [1.29, 1.82) is 0 Å². The van der Waals surface area contributed by atoms with E-state index in [1.807, 2.05) is 24.3 Å². The van der Waals surface area contributed by atoms with E-state index in [0.29, 0.717) is 23.6 Å². The van der Waals surface area contributed by atoms with Gasteiger partial charge < -0.3 is 10.5 Å². The summed E-state index contributed by atoms with van der Waals surface area (Å²) in [6.07, 6.45) is 0. The van der Waals surface area contributed by atoms with E-state index in [-0.39, 0.29) is 5.78 Å². The Balaban J connectivity index is 2.08. The van der Waals surface area contributed by atoms with Gasteiger partial charge in [0.1, 0.15) is 12.4 Å². The zero-order valence-electron chi connectivity index (χ0n) is 10.5. The van der Waals surface area contributed by atoms with Gasteiger partial charge in [-0.2, -0.15) is 0 Å². The molecule has 0 unspecified atom stereocenters. The van der Waals surface area contributed by atoms with Crippen LogP contribution in [0.25, 0.3) is 0 Å². The van der Waals surface area contributed by atoms with Crippen LogP contribution in [-0.4, -0.2) is 5.78 Å². The normalized spacial score (nSPS) is 10.2. The lowest BCUT2D eigenvalue weighted by Crippen LogP contribution is -2.01. The van der Waals surface area contributed by atoms with Gasteiger partial charge in [-0.25, -0.2) is 0 Å². The van der Waals surface area contributed by atoms with Crippen molar-refractivity contribution in [3.05, 3.63) is 58.1 Å². The quantitative estimate of drug-likeness (QED) is 0.688. The van der Waals surface area contributed by atoms with Crippen LogP contribution in [0.3, 0.4) is 0 Å². The lowest BCUT2D eigenvalue weighted by Gasteiger charge is -2.09. The first-order valence-corrected chi connectivity index (χ1v) is 6.63. The number of ketones is 1. The molecule has 0 aliphatic carbocycles. The highest BCUT2D eigenvalue weighted by Crippen LogP contribution is 2.21. The summed E-state index contributed by atoms with van der Waals surface area (Å²) in [5, 5.41) is 0. The number of rotatable bonds is 4. The van der Waals surface area contributed by atoms with E-state index in [9.17, 15) is 4.79 Å². The van der Waals surface area contributed by atoms with Crippen molar-refractivity contribution in [2.75, 3.05) is 5.73 Å². The van der Waals surface area contributed by atoms with Gasteiger partial charge >= 0.3 is 0 Å². The number of halogens is 1. The number of ether oxygens (including phenoxy) is 1. The first-order valence-electron chi connectivity index (χ1n) is 5.84. The van der Waals surface area contributed by atoms with Crippen LogP contribution in [0.1, 0.15) is 22.8 Å². The van der Waals surface area contributed by atoms with Crippen molar-refractivity contribution in [1.82, 2.24) is 0 Å². The van der Waals surface area contributed by atoms with Gasteiger partial charge in [0.15, 0.2) is 5.78 Å². The van der Waals surface area contributed by atoms with Gasteiger partial charge in [-0.1, -0.05) is 28.1 Å². The molecule has 0 heterocycles. The molecule has 0 saturated carbocycles. The number of hydrogen-bond acceptors (Lipinski definition) is 3. The van der Waals surface area contributed by atoms with Gasteiger partial charge in [0.2, 0.25) is 0 Å². The second-order valence-corrected chi connectivity index (χ2v) is 5.14. The number of benzene rings is 2. The predicted octanol–water partition coefficient (Wildman–Crippen LogP) is 3.81. The number of carbonyl (C=O) groups is 1. The molecular formula is C15H14BrNO2. The molecule has 0 spiro atoms. The molecule has 3 nitrogen and oxygen atoms in total. The number of nitrogen functional groups attached to an aromatic ring is 1. The zero-order valence-corrected chi connectivity index (χ0v) is 12.1. The highest BCUT2D eigenvalue weighted by Gasteiger charge is 2.06. The van der Waals surface area contributed by atoms with E-state index >= 15 is 0 Å². The number of carbonyl (C=O) groups excluding carboxylic acids is 1. The maximum atomic E-state index is 11.3. The summed E-state index contributed by atoms with van der Waals surface area (Å²) in [5.41, 5.74) is 7.83. The molecule has 0 aliphatic heterocycles. The third kappa shape index (κ3) is 3.58. The van der Waals surface area contributed by atoms with Crippen molar-refractivity contribution < 1.29 is 9.53 Å². The molecule has 0 amide bonds. The SMILES string of the molecule is CC(=O)c1ccc(OCc2cccc(Br)c2)cc1N. The van der Waals surface area contributed by atoms with Gasteiger partial charge in [0.25, 0.3) is 0 Å². The van der Waals surface area contributed by atoms with Crippen LogP contribution in [0.15, 0.2) is 46.9 Å². The fourth-order valence-electron chi connectivity index (χ4n) is 1.74. The summed E-state index contributed by atoms with van der Waals surface area (Å²) < 4.78 is 6.66. The van der Waals surface area contributed by atoms with E-state index < -0.39 is 0 Å². The number of hydrogen-bond donors (Lipinski definition) is 1. The molecule has 0 radical (unpaired) electrons. The van der Waals surface area contributed by atoms with Crippen molar-refractivity contribution in [3.63, 3.8) is 0 Å². The summed E-state index contributed by atoms with van der Waals surface area (Å²) in [6.45, 7) is 1.95. The van der Waals surface area contributed by atoms with Gasteiger partial charge in [-0.05, 0) is 36.8 Å². The zero-order chi connectivity index (χ0) is 13.8. The number of Topliss-reactive ketones (excluding diaryl/α,β-unsaturated/α-hetero) is 1. The second-order valence-electron chi connectivity index (χ2n) is 4.22. The number of nitrogens with two attached hydrogens (primary N) is 1. The molecule has 4 heteroatoms. The minimum Gasteiger partial charge on any atom is -0.489 e.